The van der Waals surface area contributed by atoms with Gasteiger partial charge in [-0.3, -0.25) is 0 Å². The predicted octanol–water partition coefficient (Wildman–Crippen LogP) is 4.65. The van der Waals surface area contributed by atoms with Crippen molar-refractivity contribution in [3.8, 4) is 11.1 Å². The van der Waals surface area contributed by atoms with Gasteiger partial charge in [-0.1, -0.05) is 48.5 Å². The second kappa shape index (κ2) is 7.54. The van der Waals surface area contributed by atoms with Crippen molar-refractivity contribution in [3.63, 3.8) is 0 Å². The molecule has 0 atom stereocenters. The Balaban J connectivity index is 1.79. The summed E-state index contributed by atoms with van der Waals surface area (Å²) in [5.41, 5.74) is 0.725. The van der Waals surface area contributed by atoms with Gasteiger partial charge in [0.25, 0.3) is 0 Å². The molecule has 27 heavy (non-hydrogen) atoms. The number of hydrogen-bond acceptors (Lipinski definition) is 2. The fraction of sp³-hybridized carbons (Fsp3) is 0.100. The van der Waals surface area contributed by atoms with Crippen LogP contribution in [0.2, 0.25) is 0 Å². The van der Waals surface area contributed by atoms with Crippen molar-refractivity contribution in [2.75, 3.05) is 0 Å². The number of rotatable bonds is 5. The third-order valence-electron chi connectivity index (χ3n) is 3.91. The molecule has 0 bridgehead atoms. The van der Waals surface area contributed by atoms with E-state index in [1.54, 1.807) is 12.1 Å². The summed E-state index contributed by atoms with van der Waals surface area (Å²) in [7, 11) is -3.73. The Bertz CT molecular complexity index is 1020. The number of hydrogen-bond donors (Lipinski definition) is 1. The van der Waals surface area contributed by atoms with Crippen molar-refractivity contribution in [1.82, 2.24) is 4.72 Å². The average Bonchev–Trinajstić information content (AvgIpc) is 2.67. The summed E-state index contributed by atoms with van der Waals surface area (Å²) in [4.78, 5) is 0.0363. The number of benzene rings is 3. The van der Waals surface area contributed by atoms with Crippen LogP contribution in [0.1, 0.15) is 11.1 Å². The normalized spacial score (nSPS) is 12.1. The van der Waals surface area contributed by atoms with Crippen molar-refractivity contribution < 1.29 is 21.6 Å². The Kier molecular flexibility index (Phi) is 5.34. The Hall–Kier alpha value is -2.64. The van der Waals surface area contributed by atoms with Gasteiger partial charge < -0.3 is 0 Å². The lowest BCUT2D eigenvalue weighted by Crippen LogP contribution is -2.23. The molecule has 0 spiro atoms. The van der Waals surface area contributed by atoms with Gasteiger partial charge in [0.05, 0.1) is 10.5 Å². The van der Waals surface area contributed by atoms with Gasteiger partial charge >= 0.3 is 6.18 Å². The van der Waals surface area contributed by atoms with Crippen molar-refractivity contribution in [1.29, 1.82) is 0 Å². The maximum atomic E-state index is 12.8. The molecule has 3 aromatic rings. The highest BCUT2D eigenvalue weighted by Crippen LogP contribution is 2.32. The lowest BCUT2D eigenvalue weighted by molar-refractivity contribution is -0.137. The van der Waals surface area contributed by atoms with Crippen LogP contribution in [0.5, 0.6) is 0 Å². The topological polar surface area (TPSA) is 46.2 Å². The van der Waals surface area contributed by atoms with Crippen molar-refractivity contribution >= 4 is 10.0 Å². The molecule has 0 aromatic heterocycles. The summed E-state index contributed by atoms with van der Waals surface area (Å²) in [5, 5.41) is 0. The van der Waals surface area contributed by atoms with E-state index in [0.717, 1.165) is 17.7 Å². The molecule has 0 heterocycles. The van der Waals surface area contributed by atoms with E-state index >= 15 is 0 Å². The standard InChI is InChI=1S/C20H15F3NO2S/c21-20(22,23)18-8-4-7-17(13-18)16-9-11-19(12-10-16)27(25,26)24-14-15-5-2-1-3-6-15/h1-6,8-13,24H,14H2. The van der Waals surface area contributed by atoms with Gasteiger partial charge in [-0.2, -0.15) is 13.2 Å². The lowest BCUT2D eigenvalue weighted by Gasteiger charge is -2.10. The molecule has 0 fully saturated rings. The zero-order chi connectivity index (χ0) is 19.5. The molecule has 3 nitrogen and oxygen atoms in total. The Labute approximate surface area is 155 Å². The highest BCUT2D eigenvalue weighted by Gasteiger charge is 2.30. The zero-order valence-electron chi connectivity index (χ0n) is 14.0. The second-order valence-electron chi connectivity index (χ2n) is 5.82. The third-order valence-corrected chi connectivity index (χ3v) is 5.33. The number of sulfonamides is 1. The Morgan fingerprint density at radius 3 is 2.22 bits per heavy atom. The molecule has 7 heteroatoms. The molecular formula is C20H15F3NO2S. The monoisotopic (exact) mass is 390 g/mol. The fourth-order valence-corrected chi connectivity index (χ4v) is 3.50. The first-order valence-electron chi connectivity index (χ1n) is 7.99. The zero-order valence-corrected chi connectivity index (χ0v) is 14.8. The third kappa shape index (κ3) is 4.75. The molecule has 0 unspecified atom stereocenters. The molecule has 3 rings (SSSR count). The van der Waals surface area contributed by atoms with Crippen LogP contribution in [0.15, 0.2) is 77.7 Å². The van der Waals surface area contributed by atoms with E-state index in [4.69, 9.17) is 0 Å². The summed E-state index contributed by atoms with van der Waals surface area (Å²) in [5.74, 6) is 0. The van der Waals surface area contributed by atoms with E-state index < -0.39 is 21.8 Å². The van der Waals surface area contributed by atoms with Crippen LogP contribution in [0.4, 0.5) is 13.2 Å². The molecule has 0 saturated carbocycles. The maximum Gasteiger partial charge on any atom is 0.416 e. The number of alkyl halides is 3. The molecule has 1 N–H and O–H groups in total. The molecule has 0 saturated heterocycles. The van der Waals surface area contributed by atoms with Gasteiger partial charge in [0, 0.05) is 6.54 Å². The van der Waals surface area contributed by atoms with Gasteiger partial charge in [-0.25, -0.2) is 13.1 Å². The minimum atomic E-state index is -4.45. The molecule has 0 aliphatic carbocycles. The first kappa shape index (κ1) is 19.1. The molecule has 1 radical (unpaired) electrons. The summed E-state index contributed by atoms with van der Waals surface area (Å²) in [6.07, 6.45) is -4.45. The van der Waals surface area contributed by atoms with Gasteiger partial charge in [-0.15, -0.1) is 0 Å². The first-order valence-corrected chi connectivity index (χ1v) is 9.47. The SMILES string of the molecule is O=S(=O)(NCc1ccccc1)c1ccc(-c2[c]ccc(C(F)(F)F)c2)cc1. The maximum absolute atomic E-state index is 12.8. The van der Waals surface area contributed by atoms with Crippen molar-refractivity contribution in [2.45, 2.75) is 17.6 Å². The van der Waals surface area contributed by atoms with Crippen molar-refractivity contribution in [3.05, 3.63) is 90.0 Å². The largest absolute Gasteiger partial charge is 0.416 e. The highest BCUT2D eigenvalue weighted by molar-refractivity contribution is 7.89. The molecule has 0 amide bonds. The van der Waals surface area contributed by atoms with E-state index in [1.807, 2.05) is 18.2 Å². The van der Waals surface area contributed by atoms with Crippen LogP contribution in [-0.4, -0.2) is 8.42 Å². The van der Waals surface area contributed by atoms with Crippen LogP contribution in [0.25, 0.3) is 11.1 Å². The Morgan fingerprint density at radius 1 is 0.926 bits per heavy atom. The van der Waals surface area contributed by atoms with Gasteiger partial charge in [0.1, 0.15) is 0 Å². The summed E-state index contributed by atoms with van der Waals surface area (Å²) >= 11 is 0. The molecule has 139 valence electrons. The summed E-state index contributed by atoms with van der Waals surface area (Å²) in [6, 6.07) is 20.6. The Morgan fingerprint density at radius 2 is 1.59 bits per heavy atom. The molecule has 3 aromatic carbocycles. The van der Waals surface area contributed by atoms with E-state index in [0.29, 0.717) is 5.56 Å². The van der Waals surface area contributed by atoms with E-state index in [2.05, 4.69) is 10.8 Å². The van der Waals surface area contributed by atoms with Crippen LogP contribution in [0.3, 0.4) is 0 Å². The first-order chi connectivity index (χ1) is 12.8. The van der Waals surface area contributed by atoms with Gasteiger partial charge in [0.2, 0.25) is 10.0 Å². The van der Waals surface area contributed by atoms with Crippen LogP contribution in [0, 0.1) is 6.07 Å². The molecule has 0 aliphatic rings. The van der Waals surface area contributed by atoms with Crippen molar-refractivity contribution in [2.24, 2.45) is 0 Å². The van der Waals surface area contributed by atoms with Crippen LogP contribution >= 0.6 is 0 Å². The van der Waals surface area contributed by atoms with E-state index in [-0.39, 0.29) is 17.0 Å². The van der Waals surface area contributed by atoms with Gasteiger partial charge in [-0.05, 0) is 47.0 Å². The van der Waals surface area contributed by atoms with Crippen LogP contribution in [-0.2, 0) is 22.7 Å². The summed E-state index contributed by atoms with van der Waals surface area (Å²) < 4.78 is 65.7. The van der Waals surface area contributed by atoms with E-state index in [9.17, 15) is 21.6 Å². The minimum absolute atomic E-state index is 0.0363. The quantitative estimate of drug-likeness (QED) is 0.689. The minimum Gasteiger partial charge on any atom is -0.207 e. The molecule has 0 aliphatic heterocycles. The number of halogens is 3. The highest BCUT2D eigenvalue weighted by atomic mass is 32.2. The van der Waals surface area contributed by atoms with Crippen LogP contribution < -0.4 is 4.72 Å². The smallest absolute Gasteiger partial charge is 0.207 e. The number of nitrogens with one attached hydrogen (secondary N) is 1. The van der Waals surface area contributed by atoms with E-state index in [1.165, 1.54) is 30.3 Å². The fourth-order valence-electron chi connectivity index (χ4n) is 2.48. The second-order valence-corrected chi connectivity index (χ2v) is 7.59. The van der Waals surface area contributed by atoms with Gasteiger partial charge in [0.15, 0.2) is 0 Å². The molecular weight excluding hydrogens is 375 g/mol. The average molecular weight is 390 g/mol. The summed E-state index contributed by atoms with van der Waals surface area (Å²) in [6.45, 7) is 0.145. The predicted molar refractivity (Wildman–Crippen MR) is 96.2 cm³/mol. The lowest BCUT2D eigenvalue weighted by atomic mass is 10.0.